The largest absolute Gasteiger partial charge is 0.452 e. The number of esters is 1. The van der Waals surface area contributed by atoms with Crippen LogP contribution in [0, 0.1) is 18.8 Å². The molecule has 1 fully saturated rings. The summed E-state index contributed by atoms with van der Waals surface area (Å²) in [4.78, 5) is 54.2. The van der Waals surface area contributed by atoms with Crippen molar-refractivity contribution in [3.63, 3.8) is 0 Å². The van der Waals surface area contributed by atoms with Gasteiger partial charge in [0.25, 0.3) is 5.91 Å². The standard InChI is InChI=1S/C34H24BrClN2O5/c1-17-25(15-14-24(35)31(17)36)37-26(39)16-43-34(42)18-10-12-19(13-11-18)38-32(40)29-27-20-6-2-3-7-21(20)28(30(29)33(38)41)23-9-5-4-8-22(23)27/h2-15,27-30H,16H2,1H3,(H,37,39)/t27?,28?,29-,30+. The molecule has 4 aliphatic rings. The van der Waals surface area contributed by atoms with Gasteiger partial charge in [0.15, 0.2) is 6.61 Å². The van der Waals surface area contributed by atoms with Gasteiger partial charge < -0.3 is 10.1 Å². The summed E-state index contributed by atoms with van der Waals surface area (Å²) in [7, 11) is 0. The molecule has 7 nitrogen and oxygen atoms in total. The Kier molecular flexibility index (Phi) is 6.71. The molecule has 2 atom stereocenters. The fourth-order valence-corrected chi connectivity index (χ4v) is 7.46. The maximum absolute atomic E-state index is 13.9. The van der Waals surface area contributed by atoms with Crippen LogP contribution in [0.5, 0.6) is 0 Å². The van der Waals surface area contributed by atoms with Gasteiger partial charge in [-0.2, -0.15) is 0 Å². The van der Waals surface area contributed by atoms with Crippen molar-refractivity contribution in [2.75, 3.05) is 16.8 Å². The molecule has 1 saturated heterocycles. The highest BCUT2D eigenvalue weighted by Gasteiger charge is 2.61. The monoisotopic (exact) mass is 654 g/mol. The normalized spacial score (nSPS) is 21.2. The first kappa shape index (κ1) is 27.6. The second kappa shape index (κ2) is 10.5. The van der Waals surface area contributed by atoms with Gasteiger partial charge in [0.05, 0.1) is 28.1 Å². The van der Waals surface area contributed by atoms with E-state index in [1.54, 1.807) is 31.2 Å². The molecule has 43 heavy (non-hydrogen) atoms. The number of amides is 3. The van der Waals surface area contributed by atoms with E-state index in [9.17, 15) is 19.2 Å². The maximum atomic E-state index is 13.9. The van der Waals surface area contributed by atoms with E-state index in [4.69, 9.17) is 16.3 Å². The summed E-state index contributed by atoms with van der Waals surface area (Å²) >= 11 is 9.55. The molecule has 2 bridgehead atoms. The van der Waals surface area contributed by atoms with Gasteiger partial charge in [-0.25, -0.2) is 9.69 Å². The first-order chi connectivity index (χ1) is 20.8. The number of carbonyl (C=O) groups excluding carboxylic acids is 4. The van der Waals surface area contributed by atoms with Gasteiger partial charge in [0.2, 0.25) is 11.8 Å². The molecule has 214 valence electrons. The molecule has 9 heteroatoms. The van der Waals surface area contributed by atoms with E-state index in [2.05, 4.69) is 45.5 Å². The fourth-order valence-electron chi connectivity index (χ4n) is 6.87. The molecule has 3 amide bonds. The van der Waals surface area contributed by atoms with Crippen LogP contribution in [0.3, 0.4) is 0 Å². The summed E-state index contributed by atoms with van der Waals surface area (Å²) in [6.07, 6.45) is 0. The smallest absolute Gasteiger partial charge is 0.338 e. The van der Waals surface area contributed by atoms with Crippen molar-refractivity contribution < 1.29 is 23.9 Å². The third-order valence-corrected chi connectivity index (χ3v) is 10.1. The van der Waals surface area contributed by atoms with E-state index in [1.807, 2.05) is 24.3 Å². The molecule has 1 heterocycles. The molecule has 4 aromatic carbocycles. The Hall–Kier alpha value is -4.27. The summed E-state index contributed by atoms with van der Waals surface area (Å²) in [5.41, 5.74) is 6.21. The van der Waals surface area contributed by atoms with Crippen LogP contribution in [0.4, 0.5) is 11.4 Å². The van der Waals surface area contributed by atoms with Crippen LogP contribution in [0.2, 0.25) is 5.02 Å². The third kappa shape index (κ3) is 4.31. The molecule has 1 N–H and O–H groups in total. The van der Waals surface area contributed by atoms with Gasteiger partial charge >= 0.3 is 5.97 Å². The number of imide groups is 1. The highest BCUT2D eigenvalue weighted by molar-refractivity contribution is 9.10. The molecule has 0 unspecified atom stereocenters. The summed E-state index contributed by atoms with van der Waals surface area (Å²) in [6.45, 7) is 1.27. The lowest BCUT2D eigenvalue weighted by Crippen LogP contribution is -2.41. The Labute approximate surface area is 260 Å². The van der Waals surface area contributed by atoms with Crippen LogP contribution >= 0.6 is 27.5 Å². The minimum atomic E-state index is -0.705. The number of hydrogen-bond donors (Lipinski definition) is 1. The molecule has 0 radical (unpaired) electrons. The third-order valence-electron chi connectivity index (χ3n) is 8.76. The first-order valence-corrected chi connectivity index (χ1v) is 15.0. The molecule has 3 aliphatic carbocycles. The summed E-state index contributed by atoms with van der Waals surface area (Å²) in [5.74, 6) is -3.05. The van der Waals surface area contributed by atoms with E-state index >= 15 is 0 Å². The van der Waals surface area contributed by atoms with Crippen LogP contribution in [0.25, 0.3) is 0 Å². The lowest BCUT2D eigenvalue weighted by atomic mass is 9.55. The molecule has 0 aromatic heterocycles. The highest BCUT2D eigenvalue weighted by Crippen LogP contribution is 2.61. The average Bonchev–Trinajstić information content (AvgIpc) is 3.30. The van der Waals surface area contributed by atoms with Gasteiger partial charge in [-0.15, -0.1) is 0 Å². The van der Waals surface area contributed by atoms with Gasteiger partial charge in [-0.1, -0.05) is 60.1 Å². The number of carbonyl (C=O) groups is 4. The fraction of sp³-hybridized carbons (Fsp3) is 0.176. The van der Waals surface area contributed by atoms with Gasteiger partial charge in [-0.3, -0.25) is 14.4 Å². The second-order valence-electron chi connectivity index (χ2n) is 11.0. The Morgan fingerprint density at radius 3 is 1.84 bits per heavy atom. The molecular formula is C34H24BrClN2O5. The average molecular weight is 656 g/mol. The van der Waals surface area contributed by atoms with Crippen LogP contribution < -0.4 is 10.2 Å². The summed E-state index contributed by atoms with van der Waals surface area (Å²) < 4.78 is 5.91. The van der Waals surface area contributed by atoms with Crippen molar-refractivity contribution in [1.29, 1.82) is 0 Å². The van der Waals surface area contributed by atoms with Crippen molar-refractivity contribution in [3.05, 3.63) is 128 Å². The number of halogens is 2. The molecule has 0 saturated carbocycles. The summed E-state index contributed by atoms with van der Waals surface area (Å²) in [6, 6.07) is 25.7. The predicted octanol–water partition coefficient (Wildman–Crippen LogP) is 6.60. The van der Waals surface area contributed by atoms with Gasteiger partial charge in [0.1, 0.15) is 0 Å². The molecular weight excluding hydrogens is 632 g/mol. The number of benzene rings is 4. The van der Waals surface area contributed by atoms with Crippen molar-refractivity contribution >= 4 is 62.6 Å². The SMILES string of the molecule is Cc1c(NC(=O)COC(=O)c2ccc(N3C(=O)[C@@H]4C5c6ccccc6C(c6ccccc65)[C@@H]4C3=O)cc2)ccc(Br)c1Cl. The van der Waals surface area contributed by atoms with Crippen LogP contribution in [0.15, 0.2) is 89.4 Å². The van der Waals surface area contributed by atoms with E-state index in [0.717, 1.165) is 22.3 Å². The number of hydrogen-bond acceptors (Lipinski definition) is 5. The number of nitrogens with zero attached hydrogens (tertiary/aromatic N) is 1. The zero-order valence-corrected chi connectivity index (χ0v) is 25.2. The van der Waals surface area contributed by atoms with Gasteiger partial charge in [0, 0.05) is 22.0 Å². The number of anilines is 2. The quantitative estimate of drug-likeness (QED) is 0.193. The number of ether oxygens (including phenoxy) is 1. The molecule has 8 rings (SSSR count). The Morgan fingerprint density at radius 2 is 1.33 bits per heavy atom. The second-order valence-corrected chi connectivity index (χ2v) is 12.2. The number of nitrogens with one attached hydrogen (secondary N) is 1. The molecule has 1 aliphatic heterocycles. The predicted molar refractivity (Wildman–Crippen MR) is 165 cm³/mol. The van der Waals surface area contributed by atoms with Crippen LogP contribution in [0.1, 0.15) is 50.0 Å². The van der Waals surface area contributed by atoms with Crippen LogP contribution in [-0.2, 0) is 19.1 Å². The first-order valence-electron chi connectivity index (χ1n) is 13.8. The van der Waals surface area contributed by atoms with Crippen LogP contribution in [-0.4, -0.2) is 30.3 Å². The topological polar surface area (TPSA) is 92.8 Å². The minimum Gasteiger partial charge on any atom is -0.452 e. The van der Waals surface area contributed by atoms with Gasteiger partial charge in [-0.05, 0) is 87.1 Å². The number of rotatable bonds is 5. The van der Waals surface area contributed by atoms with Crippen molar-refractivity contribution in [2.24, 2.45) is 11.8 Å². The maximum Gasteiger partial charge on any atom is 0.338 e. The Morgan fingerprint density at radius 1 is 0.814 bits per heavy atom. The molecule has 0 spiro atoms. The lowest BCUT2D eigenvalue weighted by molar-refractivity contribution is -0.122. The molecule has 4 aromatic rings. The van der Waals surface area contributed by atoms with E-state index in [0.29, 0.717) is 26.4 Å². The zero-order valence-electron chi connectivity index (χ0n) is 22.8. The minimum absolute atomic E-state index is 0.191. The zero-order chi connectivity index (χ0) is 30.0. The summed E-state index contributed by atoms with van der Waals surface area (Å²) in [5, 5.41) is 3.17. The van der Waals surface area contributed by atoms with Crippen molar-refractivity contribution in [1.82, 2.24) is 0 Å². The Balaban J connectivity index is 1.08. The Bertz CT molecular complexity index is 1740. The lowest BCUT2D eigenvalue weighted by Gasteiger charge is -2.45. The van der Waals surface area contributed by atoms with E-state index in [-0.39, 0.29) is 29.2 Å². The van der Waals surface area contributed by atoms with Crippen molar-refractivity contribution in [3.8, 4) is 0 Å². The van der Waals surface area contributed by atoms with E-state index < -0.39 is 30.3 Å². The highest BCUT2D eigenvalue weighted by atomic mass is 79.9. The van der Waals surface area contributed by atoms with Crippen molar-refractivity contribution in [2.45, 2.75) is 18.8 Å². The van der Waals surface area contributed by atoms with E-state index in [1.165, 1.54) is 17.0 Å².